The normalized spacial score (nSPS) is 23.2. The van der Waals surface area contributed by atoms with Crippen LogP contribution in [-0.4, -0.2) is 11.5 Å². The van der Waals surface area contributed by atoms with Gasteiger partial charge in [0.2, 0.25) is 0 Å². The third-order valence-electron chi connectivity index (χ3n) is 2.21. The molecule has 0 spiro atoms. The molecule has 0 aromatic carbocycles. The highest BCUT2D eigenvalue weighted by Crippen LogP contribution is 2.29. The summed E-state index contributed by atoms with van der Waals surface area (Å²) in [5.41, 5.74) is 6.71. The Hall–Kier alpha value is -0.610. The Morgan fingerprint density at radius 1 is 1.67 bits per heavy atom. The van der Waals surface area contributed by atoms with Gasteiger partial charge < -0.3 is 11.1 Å². The number of hydrogen-bond acceptors (Lipinski definition) is 4. The van der Waals surface area contributed by atoms with Crippen molar-refractivity contribution in [1.29, 1.82) is 0 Å². The molecule has 1 aliphatic rings. The van der Waals surface area contributed by atoms with Crippen molar-refractivity contribution >= 4 is 16.3 Å². The molecule has 1 atom stereocenters. The standard InChI is InChI=1S/C8H13N3S/c1-5-7(9)12-8(11-5)6-3-2-4-10-6/h6,10H,2-4,9H2,1H3/t6-/m1/s1. The molecular formula is C8H13N3S. The van der Waals surface area contributed by atoms with Gasteiger partial charge in [-0.2, -0.15) is 0 Å². The number of nitrogen functional groups attached to an aromatic ring is 1. The number of nitrogens with one attached hydrogen (secondary N) is 1. The highest BCUT2D eigenvalue weighted by atomic mass is 32.1. The first-order chi connectivity index (χ1) is 5.77. The Kier molecular flexibility index (Phi) is 2.02. The van der Waals surface area contributed by atoms with Gasteiger partial charge in [0.1, 0.15) is 10.0 Å². The minimum Gasteiger partial charge on any atom is -0.389 e. The Labute approximate surface area is 76.0 Å². The third kappa shape index (κ3) is 1.32. The number of hydrogen-bond donors (Lipinski definition) is 2. The molecule has 0 amide bonds. The molecule has 1 saturated heterocycles. The molecule has 0 saturated carbocycles. The third-order valence-corrected chi connectivity index (χ3v) is 3.31. The summed E-state index contributed by atoms with van der Waals surface area (Å²) in [7, 11) is 0. The lowest BCUT2D eigenvalue weighted by molar-refractivity contribution is 0.641. The Bertz CT molecular complexity index is 256. The van der Waals surface area contributed by atoms with Crippen molar-refractivity contribution in [3.8, 4) is 0 Å². The van der Waals surface area contributed by atoms with Crippen LogP contribution >= 0.6 is 11.3 Å². The van der Waals surface area contributed by atoms with Crippen LogP contribution in [0.3, 0.4) is 0 Å². The molecule has 4 heteroatoms. The van der Waals surface area contributed by atoms with Crippen LogP contribution < -0.4 is 11.1 Å². The van der Waals surface area contributed by atoms with Gasteiger partial charge in [-0.1, -0.05) is 11.3 Å². The van der Waals surface area contributed by atoms with Gasteiger partial charge in [0.15, 0.2) is 0 Å². The minimum absolute atomic E-state index is 0.464. The van der Waals surface area contributed by atoms with E-state index in [0.717, 1.165) is 22.2 Å². The first kappa shape index (κ1) is 8.01. The van der Waals surface area contributed by atoms with E-state index in [9.17, 15) is 0 Å². The molecule has 1 fully saturated rings. The van der Waals surface area contributed by atoms with E-state index < -0.39 is 0 Å². The molecule has 1 aliphatic heterocycles. The summed E-state index contributed by atoms with van der Waals surface area (Å²) in [5.74, 6) is 0. The fraction of sp³-hybridized carbons (Fsp3) is 0.625. The molecular weight excluding hydrogens is 170 g/mol. The molecule has 1 aromatic rings. The Balaban J connectivity index is 2.21. The van der Waals surface area contributed by atoms with Crippen molar-refractivity contribution in [3.63, 3.8) is 0 Å². The second kappa shape index (κ2) is 3.03. The van der Waals surface area contributed by atoms with Crippen LogP contribution in [-0.2, 0) is 0 Å². The van der Waals surface area contributed by atoms with Crippen LogP contribution in [0, 0.1) is 6.92 Å². The van der Waals surface area contributed by atoms with E-state index in [1.165, 1.54) is 12.8 Å². The quantitative estimate of drug-likeness (QED) is 0.693. The molecule has 12 heavy (non-hydrogen) atoms. The smallest absolute Gasteiger partial charge is 0.112 e. The summed E-state index contributed by atoms with van der Waals surface area (Å²) in [5, 5.41) is 5.42. The molecule has 66 valence electrons. The molecule has 1 aromatic heterocycles. The zero-order valence-corrected chi connectivity index (χ0v) is 7.95. The highest BCUT2D eigenvalue weighted by Gasteiger charge is 2.19. The first-order valence-corrected chi connectivity index (χ1v) is 5.05. The van der Waals surface area contributed by atoms with Crippen molar-refractivity contribution in [2.75, 3.05) is 12.3 Å². The maximum atomic E-state index is 5.74. The van der Waals surface area contributed by atoms with Gasteiger partial charge in [0.05, 0.1) is 11.7 Å². The fourth-order valence-corrected chi connectivity index (χ4v) is 2.42. The van der Waals surface area contributed by atoms with Gasteiger partial charge >= 0.3 is 0 Å². The second-order valence-electron chi connectivity index (χ2n) is 3.15. The van der Waals surface area contributed by atoms with Gasteiger partial charge in [-0.15, -0.1) is 0 Å². The molecule has 0 radical (unpaired) electrons. The highest BCUT2D eigenvalue weighted by molar-refractivity contribution is 7.15. The van der Waals surface area contributed by atoms with Crippen LogP contribution in [0.5, 0.6) is 0 Å². The summed E-state index contributed by atoms with van der Waals surface area (Å²) in [6.45, 7) is 3.08. The first-order valence-electron chi connectivity index (χ1n) is 4.23. The van der Waals surface area contributed by atoms with Crippen LogP contribution in [0.4, 0.5) is 5.00 Å². The lowest BCUT2D eigenvalue weighted by Crippen LogP contribution is -2.12. The lowest BCUT2D eigenvalue weighted by atomic mass is 10.2. The lowest BCUT2D eigenvalue weighted by Gasteiger charge is -2.03. The second-order valence-corrected chi connectivity index (χ2v) is 4.21. The average molecular weight is 183 g/mol. The molecule has 0 unspecified atom stereocenters. The van der Waals surface area contributed by atoms with Gasteiger partial charge in [-0.05, 0) is 26.3 Å². The van der Waals surface area contributed by atoms with E-state index in [2.05, 4.69) is 10.3 Å². The average Bonchev–Trinajstić information content (AvgIpc) is 2.61. The maximum Gasteiger partial charge on any atom is 0.112 e. The van der Waals surface area contributed by atoms with Gasteiger partial charge in [-0.3, -0.25) is 0 Å². The maximum absolute atomic E-state index is 5.74. The van der Waals surface area contributed by atoms with Crippen molar-refractivity contribution < 1.29 is 0 Å². The summed E-state index contributed by atoms with van der Waals surface area (Å²) in [6, 6.07) is 0.464. The number of rotatable bonds is 1. The summed E-state index contributed by atoms with van der Waals surface area (Å²) in [4.78, 5) is 4.42. The molecule has 0 aliphatic carbocycles. The number of thiazole rings is 1. The number of aromatic nitrogens is 1. The van der Waals surface area contributed by atoms with E-state index >= 15 is 0 Å². The van der Waals surface area contributed by atoms with Crippen LogP contribution in [0.15, 0.2) is 0 Å². The Morgan fingerprint density at radius 2 is 2.50 bits per heavy atom. The zero-order chi connectivity index (χ0) is 8.55. The van der Waals surface area contributed by atoms with Gasteiger partial charge in [0, 0.05) is 0 Å². The van der Waals surface area contributed by atoms with Crippen molar-refractivity contribution in [2.24, 2.45) is 0 Å². The predicted molar refractivity (Wildman–Crippen MR) is 51.2 cm³/mol. The Morgan fingerprint density at radius 3 is 3.00 bits per heavy atom. The van der Waals surface area contributed by atoms with Crippen molar-refractivity contribution in [2.45, 2.75) is 25.8 Å². The predicted octanol–water partition coefficient (Wildman–Crippen LogP) is 1.46. The van der Waals surface area contributed by atoms with Crippen LogP contribution in [0.1, 0.15) is 29.6 Å². The van der Waals surface area contributed by atoms with Crippen LogP contribution in [0.25, 0.3) is 0 Å². The van der Waals surface area contributed by atoms with E-state index in [-0.39, 0.29) is 0 Å². The monoisotopic (exact) mass is 183 g/mol. The number of nitrogens with two attached hydrogens (primary N) is 1. The molecule has 0 bridgehead atoms. The number of anilines is 1. The topological polar surface area (TPSA) is 50.9 Å². The minimum atomic E-state index is 0.464. The number of aryl methyl sites for hydroxylation is 1. The van der Waals surface area contributed by atoms with E-state index in [1.807, 2.05) is 6.92 Å². The molecule has 3 nitrogen and oxygen atoms in total. The van der Waals surface area contributed by atoms with Gasteiger partial charge in [0.25, 0.3) is 0 Å². The van der Waals surface area contributed by atoms with Gasteiger partial charge in [-0.25, -0.2) is 4.98 Å². The summed E-state index contributed by atoms with van der Waals surface area (Å²) in [6.07, 6.45) is 2.45. The fourth-order valence-electron chi connectivity index (χ4n) is 1.47. The largest absolute Gasteiger partial charge is 0.389 e. The van der Waals surface area contributed by atoms with E-state index in [1.54, 1.807) is 11.3 Å². The number of nitrogens with zero attached hydrogens (tertiary/aromatic N) is 1. The molecule has 2 rings (SSSR count). The summed E-state index contributed by atoms with van der Waals surface area (Å²) < 4.78 is 0. The zero-order valence-electron chi connectivity index (χ0n) is 7.13. The van der Waals surface area contributed by atoms with E-state index in [4.69, 9.17) is 5.73 Å². The molecule has 3 N–H and O–H groups in total. The SMILES string of the molecule is Cc1nc([C@H]2CCCN2)sc1N. The molecule has 2 heterocycles. The van der Waals surface area contributed by atoms with Crippen molar-refractivity contribution in [3.05, 3.63) is 10.7 Å². The van der Waals surface area contributed by atoms with Crippen LogP contribution in [0.2, 0.25) is 0 Å². The summed E-state index contributed by atoms with van der Waals surface area (Å²) >= 11 is 1.62. The van der Waals surface area contributed by atoms with E-state index in [0.29, 0.717) is 6.04 Å². The van der Waals surface area contributed by atoms with Crippen molar-refractivity contribution in [1.82, 2.24) is 10.3 Å².